The lowest BCUT2D eigenvalue weighted by Gasteiger charge is -2.13. The normalized spacial score (nSPS) is 13.1. The molecule has 19 heavy (non-hydrogen) atoms. The molecule has 0 saturated heterocycles. The Kier molecular flexibility index (Phi) is 5.35. The van der Waals surface area contributed by atoms with E-state index in [1.165, 1.54) is 18.2 Å². The van der Waals surface area contributed by atoms with Crippen LogP contribution in [0.5, 0.6) is 0 Å². The predicted molar refractivity (Wildman–Crippen MR) is 66.2 cm³/mol. The molecule has 1 rings (SSSR count). The van der Waals surface area contributed by atoms with Crippen LogP contribution in [0.4, 0.5) is 13.2 Å². The zero-order valence-electron chi connectivity index (χ0n) is 10.6. The molecule has 0 aliphatic carbocycles. The highest BCUT2D eigenvalue weighted by atomic mass is 19.4. The van der Waals surface area contributed by atoms with Gasteiger partial charge < -0.3 is 11.1 Å². The van der Waals surface area contributed by atoms with Crippen LogP contribution >= 0.6 is 0 Å². The minimum absolute atomic E-state index is 0.0594. The largest absolute Gasteiger partial charge is 0.416 e. The van der Waals surface area contributed by atoms with Crippen molar-refractivity contribution in [3.05, 3.63) is 35.4 Å². The van der Waals surface area contributed by atoms with Crippen molar-refractivity contribution in [2.24, 2.45) is 5.73 Å². The second kappa shape index (κ2) is 6.56. The van der Waals surface area contributed by atoms with Crippen LogP contribution in [-0.4, -0.2) is 11.9 Å². The molecule has 6 heteroatoms. The van der Waals surface area contributed by atoms with Crippen molar-refractivity contribution < 1.29 is 18.0 Å². The summed E-state index contributed by atoms with van der Waals surface area (Å²) in [6, 6.07) is 5.09. The molecular formula is C13H17F3N2O. The van der Waals surface area contributed by atoms with Gasteiger partial charge in [0.25, 0.3) is 0 Å². The molecular weight excluding hydrogens is 257 g/mol. The van der Waals surface area contributed by atoms with E-state index in [-0.39, 0.29) is 30.5 Å². The summed E-state index contributed by atoms with van der Waals surface area (Å²) in [5, 5.41) is 2.47. The van der Waals surface area contributed by atoms with Gasteiger partial charge in [-0.05, 0) is 25.0 Å². The summed E-state index contributed by atoms with van der Waals surface area (Å²) in [6.45, 7) is 1.64. The third kappa shape index (κ3) is 5.30. The Labute approximate surface area is 110 Å². The van der Waals surface area contributed by atoms with Gasteiger partial charge in [0.2, 0.25) is 5.91 Å². The first-order chi connectivity index (χ1) is 8.80. The van der Waals surface area contributed by atoms with Gasteiger partial charge in [0.1, 0.15) is 0 Å². The standard InChI is InChI=1S/C13H17F3N2O/c1-9(17)6-7-12(19)18-8-10-4-2-3-5-11(10)13(14,15)16/h2-5,9H,6-8,17H2,1H3,(H,18,19). The number of hydrogen-bond acceptors (Lipinski definition) is 2. The highest BCUT2D eigenvalue weighted by Gasteiger charge is 2.32. The van der Waals surface area contributed by atoms with Crippen molar-refractivity contribution >= 4 is 5.91 Å². The molecule has 0 aliphatic rings. The predicted octanol–water partition coefficient (Wildman–Crippen LogP) is 2.45. The molecule has 1 amide bonds. The van der Waals surface area contributed by atoms with Gasteiger partial charge in [0.05, 0.1) is 5.56 Å². The molecule has 3 nitrogen and oxygen atoms in total. The molecule has 0 fully saturated rings. The lowest BCUT2D eigenvalue weighted by Crippen LogP contribution is -2.26. The van der Waals surface area contributed by atoms with E-state index in [0.29, 0.717) is 6.42 Å². The van der Waals surface area contributed by atoms with Crippen LogP contribution in [0.3, 0.4) is 0 Å². The van der Waals surface area contributed by atoms with E-state index in [4.69, 9.17) is 5.73 Å². The fraction of sp³-hybridized carbons (Fsp3) is 0.462. The monoisotopic (exact) mass is 274 g/mol. The second-order valence-corrected chi connectivity index (χ2v) is 4.45. The maximum atomic E-state index is 12.7. The number of rotatable bonds is 5. The average molecular weight is 274 g/mol. The topological polar surface area (TPSA) is 55.1 Å². The van der Waals surface area contributed by atoms with Gasteiger partial charge in [-0.3, -0.25) is 4.79 Å². The number of hydrogen-bond donors (Lipinski definition) is 2. The van der Waals surface area contributed by atoms with E-state index in [1.807, 2.05) is 0 Å². The van der Waals surface area contributed by atoms with Crippen molar-refractivity contribution in [3.8, 4) is 0 Å². The van der Waals surface area contributed by atoms with Gasteiger partial charge >= 0.3 is 6.18 Å². The number of halogens is 3. The Morgan fingerprint density at radius 3 is 2.58 bits per heavy atom. The fourth-order valence-electron chi connectivity index (χ4n) is 1.59. The van der Waals surface area contributed by atoms with Crippen LogP contribution in [0.2, 0.25) is 0 Å². The zero-order chi connectivity index (χ0) is 14.5. The van der Waals surface area contributed by atoms with Crippen molar-refractivity contribution in [2.45, 2.75) is 38.5 Å². The van der Waals surface area contributed by atoms with Gasteiger partial charge in [-0.1, -0.05) is 18.2 Å². The van der Waals surface area contributed by atoms with Crippen molar-refractivity contribution in [2.75, 3.05) is 0 Å². The molecule has 3 N–H and O–H groups in total. The first-order valence-corrected chi connectivity index (χ1v) is 5.98. The Hall–Kier alpha value is -1.56. The Morgan fingerprint density at radius 1 is 1.37 bits per heavy atom. The van der Waals surface area contributed by atoms with Crippen molar-refractivity contribution in [1.29, 1.82) is 0 Å². The highest BCUT2D eigenvalue weighted by molar-refractivity contribution is 5.75. The van der Waals surface area contributed by atoms with Gasteiger partial charge in [0.15, 0.2) is 0 Å². The summed E-state index contributed by atoms with van der Waals surface area (Å²) in [4.78, 5) is 11.4. The molecule has 106 valence electrons. The van der Waals surface area contributed by atoms with E-state index < -0.39 is 11.7 Å². The van der Waals surface area contributed by atoms with Gasteiger partial charge in [-0.25, -0.2) is 0 Å². The highest BCUT2D eigenvalue weighted by Crippen LogP contribution is 2.31. The summed E-state index contributed by atoms with van der Waals surface area (Å²) >= 11 is 0. The summed E-state index contributed by atoms with van der Waals surface area (Å²) in [5.74, 6) is -0.297. The number of nitrogens with one attached hydrogen (secondary N) is 1. The van der Waals surface area contributed by atoms with Crippen LogP contribution in [0.25, 0.3) is 0 Å². The fourth-order valence-corrected chi connectivity index (χ4v) is 1.59. The minimum Gasteiger partial charge on any atom is -0.352 e. The summed E-state index contributed by atoms with van der Waals surface area (Å²) in [6.07, 6.45) is -3.69. The maximum Gasteiger partial charge on any atom is 0.416 e. The molecule has 1 aromatic carbocycles. The molecule has 0 bridgehead atoms. The molecule has 0 radical (unpaired) electrons. The van der Waals surface area contributed by atoms with E-state index in [1.54, 1.807) is 6.92 Å². The smallest absolute Gasteiger partial charge is 0.352 e. The van der Waals surface area contributed by atoms with Gasteiger partial charge in [0, 0.05) is 19.0 Å². The number of carbonyl (C=O) groups excluding carboxylic acids is 1. The number of benzene rings is 1. The van der Waals surface area contributed by atoms with Crippen LogP contribution < -0.4 is 11.1 Å². The number of alkyl halides is 3. The van der Waals surface area contributed by atoms with Crippen LogP contribution in [0.1, 0.15) is 30.9 Å². The molecule has 0 heterocycles. The van der Waals surface area contributed by atoms with E-state index in [0.717, 1.165) is 6.07 Å². The minimum atomic E-state index is -4.41. The maximum absolute atomic E-state index is 12.7. The third-order valence-electron chi connectivity index (χ3n) is 2.63. The number of amides is 1. The summed E-state index contributed by atoms with van der Waals surface area (Å²) in [5.41, 5.74) is 4.84. The van der Waals surface area contributed by atoms with Crippen molar-refractivity contribution in [3.63, 3.8) is 0 Å². The Balaban J connectivity index is 2.61. The van der Waals surface area contributed by atoms with E-state index in [2.05, 4.69) is 5.32 Å². The first-order valence-electron chi connectivity index (χ1n) is 5.98. The molecule has 1 atom stereocenters. The van der Waals surface area contributed by atoms with Crippen molar-refractivity contribution in [1.82, 2.24) is 5.32 Å². The molecule has 0 saturated carbocycles. The van der Waals surface area contributed by atoms with Gasteiger partial charge in [-0.15, -0.1) is 0 Å². The van der Waals surface area contributed by atoms with Crippen LogP contribution in [-0.2, 0) is 17.5 Å². The third-order valence-corrected chi connectivity index (χ3v) is 2.63. The zero-order valence-corrected chi connectivity index (χ0v) is 10.6. The Bertz CT molecular complexity index is 430. The van der Waals surface area contributed by atoms with E-state index in [9.17, 15) is 18.0 Å². The molecule has 1 unspecified atom stereocenters. The molecule has 1 aromatic rings. The van der Waals surface area contributed by atoms with Gasteiger partial charge in [-0.2, -0.15) is 13.2 Å². The number of nitrogens with two attached hydrogens (primary N) is 1. The lowest BCUT2D eigenvalue weighted by atomic mass is 10.1. The quantitative estimate of drug-likeness (QED) is 0.866. The van der Waals surface area contributed by atoms with Crippen LogP contribution in [0.15, 0.2) is 24.3 Å². The molecule has 0 aromatic heterocycles. The second-order valence-electron chi connectivity index (χ2n) is 4.45. The lowest BCUT2D eigenvalue weighted by molar-refractivity contribution is -0.138. The summed E-state index contributed by atoms with van der Waals surface area (Å²) < 4.78 is 38.1. The molecule has 0 spiro atoms. The first kappa shape index (κ1) is 15.5. The number of carbonyl (C=O) groups is 1. The summed E-state index contributed by atoms with van der Waals surface area (Å²) in [7, 11) is 0. The average Bonchev–Trinajstić information content (AvgIpc) is 2.33. The SMILES string of the molecule is CC(N)CCC(=O)NCc1ccccc1C(F)(F)F. The molecule has 0 aliphatic heterocycles. The Morgan fingerprint density at radius 2 is 2.00 bits per heavy atom. The van der Waals surface area contributed by atoms with E-state index >= 15 is 0 Å². The van der Waals surface area contributed by atoms with Crippen LogP contribution in [0, 0.1) is 0 Å².